The summed E-state index contributed by atoms with van der Waals surface area (Å²) in [5, 5.41) is 4.48. The fourth-order valence-electron chi connectivity index (χ4n) is 4.08. The number of amides is 1. The number of benzene rings is 2. The largest absolute Gasteiger partial charge is 0.494 e. The Hall–Kier alpha value is -2.87. The van der Waals surface area contributed by atoms with E-state index in [0.717, 1.165) is 54.1 Å². The summed E-state index contributed by atoms with van der Waals surface area (Å²) in [6.45, 7) is 8.51. The Morgan fingerprint density at radius 1 is 1.12 bits per heavy atom. The molecule has 3 aromatic rings. The van der Waals surface area contributed by atoms with Crippen molar-refractivity contribution in [2.45, 2.75) is 20.4 Å². The topological polar surface area (TPSA) is 75.0 Å². The Bertz CT molecular complexity index is 1200. The molecule has 0 spiro atoms. The Labute approximate surface area is 197 Å². The molecule has 0 aliphatic carbocycles. The van der Waals surface area contributed by atoms with Crippen molar-refractivity contribution in [1.29, 1.82) is 0 Å². The van der Waals surface area contributed by atoms with E-state index in [1.165, 1.54) is 0 Å². The van der Waals surface area contributed by atoms with Gasteiger partial charge in [-0.1, -0.05) is 17.7 Å². The number of carbonyl (C=O) groups excluding carboxylic acids is 1. The van der Waals surface area contributed by atoms with Crippen LogP contribution >= 0.6 is 11.6 Å². The summed E-state index contributed by atoms with van der Waals surface area (Å²) in [7, 11) is 0. The average Bonchev–Trinajstić information content (AvgIpc) is 2.79. The van der Waals surface area contributed by atoms with Gasteiger partial charge in [0.25, 0.3) is 0 Å². The van der Waals surface area contributed by atoms with Gasteiger partial charge in [0, 0.05) is 54.9 Å². The highest BCUT2D eigenvalue weighted by molar-refractivity contribution is 6.31. The van der Waals surface area contributed by atoms with Gasteiger partial charge in [-0.05, 0) is 55.3 Å². The number of carbonyl (C=O) groups is 1. The monoisotopic (exact) mass is 469 g/mol. The van der Waals surface area contributed by atoms with Crippen molar-refractivity contribution in [3.05, 3.63) is 69.0 Å². The second-order valence-corrected chi connectivity index (χ2v) is 8.60. The lowest BCUT2D eigenvalue weighted by molar-refractivity contribution is -0.117. The molecule has 1 N–H and O–H groups in total. The van der Waals surface area contributed by atoms with Crippen molar-refractivity contribution in [3.63, 3.8) is 0 Å². The average molecular weight is 470 g/mol. The molecule has 8 heteroatoms. The SMILES string of the molecule is CCOc1ccc2oc(=O)cc(CN3CCN(CC(=O)Nc4cccc(Cl)c4C)CC3)c2c1. The van der Waals surface area contributed by atoms with Crippen LogP contribution in [0.15, 0.2) is 51.7 Å². The minimum Gasteiger partial charge on any atom is -0.494 e. The molecule has 1 aliphatic rings. The Morgan fingerprint density at radius 2 is 1.88 bits per heavy atom. The van der Waals surface area contributed by atoms with Gasteiger partial charge in [-0.3, -0.25) is 14.6 Å². The maximum atomic E-state index is 12.5. The fourth-order valence-corrected chi connectivity index (χ4v) is 4.25. The third-order valence-electron chi connectivity index (χ3n) is 5.88. The summed E-state index contributed by atoms with van der Waals surface area (Å²) < 4.78 is 11.0. The van der Waals surface area contributed by atoms with Gasteiger partial charge in [-0.25, -0.2) is 4.79 Å². The van der Waals surface area contributed by atoms with Gasteiger partial charge in [-0.2, -0.15) is 0 Å². The van der Waals surface area contributed by atoms with E-state index >= 15 is 0 Å². The van der Waals surface area contributed by atoms with Crippen molar-refractivity contribution >= 4 is 34.2 Å². The number of halogens is 1. The van der Waals surface area contributed by atoms with E-state index in [2.05, 4.69) is 15.1 Å². The van der Waals surface area contributed by atoms with E-state index in [0.29, 0.717) is 30.3 Å². The number of nitrogens with zero attached hydrogens (tertiary/aromatic N) is 2. The minimum atomic E-state index is -0.353. The lowest BCUT2D eigenvalue weighted by Crippen LogP contribution is -2.48. The first-order valence-electron chi connectivity index (χ1n) is 11.1. The lowest BCUT2D eigenvalue weighted by Gasteiger charge is -2.34. The third kappa shape index (κ3) is 5.74. The molecule has 2 heterocycles. The maximum Gasteiger partial charge on any atom is 0.336 e. The quantitative estimate of drug-likeness (QED) is 0.529. The predicted octanol–water partition coefficient (Wildman–Crippen LogP) is 3.91. The van der Waals surface area contributed by atoms with Crippen molar-refractivity contribution in [2.24, 2.45) is 0 Å². The van der Waals surface area contributed by atoms with E-state index in [9.17, 15) is 9.59 Å². The Balaban J connectivity index is 1.36. The normalized spacial score (nSPS) is 15.0. The molecule has 1 aromatic heterocycles. The van der Waals surface area contributed by atoms with Crippen LogP contribution < -0.4 is 15.7 Å². The number of nitrogens with one attached hydrogen (secondary N) is 1. The molecule has 4 rings (SSSR count). The van der Waals surface area contributed by atoms with Gasteiger partial charge < -0.3 is 14.5 Å². The lowest BCUT2D eigenvalue weighted by atomic mass is 10.1. The summed E-state index contributed by atoms with van der Waals surface area (Å²) in [6, 6.07) is 12.6. The molecule has 1 fully saturated rings. The zero-order valence-corrected chi connectivity index (χ0v) is 19.7. The molecule has 1 amide bonds. The molecule has 2 aromatic carbocycles. The predicted molar refractivity (Wildman–Crippen MR) is 130 cm³/mol. The first-order valence-corrected chi connectivity index (χ1v) is 11.5. The van der Waals surface area contributed by atoms with Crippen LogP contribution in [0.25, 0.3) is 11.0 Å². The molecule has 0 unspecified atom stereocenters. The molecule has 0 radical (unpaired) electrons. The number of anilines is 1. The van der Waals surface area contributed by atoms with Crippen LogP contribution in [0.2, 0.25) is 5.02 Å². The molecular weight excluding hydrogens is 442 g/mol. The molecule has 0 bridgehead atoms. The smallest absolute Gasteiger partial charge is 0.336 e. The van der Waals surface area contributed by atoms with Crippen LogP contribution in [0.3, 0.4) is 0 Å². The van der Waals surface area contributed by atoms with Crippen molar-refractivity contribution in [1.82, 2.24) is 9.80 Å². The molecule has 1 saturated heterocycles. The number of hydrogen-bond donors (Lipinski definition) is 1. The van der Waals surface area contributed by atoms with Crippen molar-refractivity contribution in [2.75, 3.05) is 44.6 Å². The molecule has 33 heavy (non-hydrogen) atoms. The first kappa shape index (κ1) is 23.3. The Morgan fingerprint density at radius 3 is 2.64 bits per heavy atom. The number of rotatable bonds is 7. The second-order valence-electron chi connectivity index (χ2n) is 8.19. The van der Waals surface area contributed by atoms with Gasteiger partial charge in [0.05, 0.1) is 13.2 Å². The van der Waals surface area contributed by atoms with Gasteiger partial charge >= 0.3 is 5.63 Å². The fraction of sp³-hybridized carbons (Fsp3) is 0.360. The van der Waals surface area contributed by atoms with Gasteiger partial charge in [0.2, 0.25) is 5.91 Å². The van der Waals surface area contributed by atoms with Gasteiger partial charge in [0.15, 0.2) is 0 Å². The summed E-state index contributed by atoms with van der Waals surface area (Å²) in [4.78, 5) is 29.0. The molecular formula is C25H28ClN3O4. The highest BCUT2D eigenvalue weighted by atomic mass is 35.5. The van der Waals surface area contributed by atoms with E-state index in [1.807, 2.05) is 44.2 Å². The number of hydrogen-bond acceptors (Lipinski definition) is 6. The van der Waals surface area contributed by atoms with Crippen LogP contribution in [0.1, 0.15) is 18.1 Å². The van der Waals surface area contributed by atoms with Gasteiger partial charge in [-0.15, -0.1) is 0 Å². The third-order valence-corrected chi connectivity index (χ3v) is 6.29. The zero-order chi connectivity index (χ0) is 23.4. The first-order chi connectivity index (χ1) is 15.9. The van der Waals surface area contributed by atoms with Crippen LogP contribution in [0.4, 0.5) is 5.69 Å². The minimum absolute atomic E-state index is 0.0519. The molecule has 0 saturated carbocycles. The standard InChI is InChI=1S/C25H28ClN3O4/c1-3-32-19-7-8-23-20(14-19)18(13-25(31)33-23)15-28-9-11-29(12-10-28)16-24(30)27-22-6-4-5-21(26)17(22)2/h4-8,13-14H,3,9-12,15-16H2,1-2H3,(H,27,30). The van der Waals surface area contributed by atoms with E-state index in [-0.39, 0.29) is 11.5 Å². The summed E-state index contributed by atoms with van der Waals surface area (Å²) in [6.07, 6.45) is 0. The molecule has 1 aliphatic heterocycles. The van der Waals surface area contributed by atoms with Crippen molar-refractivity contribution < 1.29 is 13.9 Å². The summed E-state index contributed by atoms with van der Waals surface area (Å²) in [5.74, 6) is 0.704. The van der Waals surface area contributed by atoms with E-state index in [1.54, 1.807) is 12.1 Å². The van der Waals surface area contributed by atoms with Crippen LogP contribution in [-0.4, -0.2) is 55.0 Å². The van der Waals surface area contributed by atoms with Crippen molar-refractivity contribution in [3.8, 4) is 5.75 Å². The van der Waals surface area contributed by atoms with Crippen LogP contribution in [0.5, 0.6) is 5.75 Å². The molecule has 0 atom stereocenters. The van der Waals surface area contributed by atoms with E-state index in [4.69, 9.17) is 20.8 Å². The summed E-state index contributed by atoms with van der Waals surface area (Å²) in [5.41, 5.74) is 2.74. The van der Waals surface area contributed by atoms with Gasteiger partial charge in [0.1, 0.15) is 11.3 Å². The highest BCUT2D eigenvalue weighted by Crippen LogP contribution is 2.25. The Kier molecular flexibility index (Phi) is 7.33. The second kappa shape index (κ2) is 10.4. The van der Waals surface area contributed by atoms with Crippen LogP contribution in [-0.2, 0) is 11.3 Å². The van der Waals surface area contributed by atoms with Crippen LogP contribution in [0, 0.1) is 6.92 Å². The molecule has 7 nitrogen and oxygen atoms in total. The maximum absolute atomic E-state index is 12.5. The number of piperazine rings is 1. The summed E-state index contributed by atoms with van der Waals surface area (Å²) >= 11 is 6.14. The number of ether oxygens (including phenoxy) is 1. The highest BCUT2D eigenvalue weighted by Gasteiger charge is 2.20. The zero-order valence-electron chi connectivity index (χ0n) is 18.9. The number of fused-ring (bicyclic) bond motifs is 1. The van der Waals surface area contributed by atoms with E-state index < -0.39 is 0 Å². The molecule has 174 valence electrons.